The summed E-state index contributed by atoms with van der Waals surface area (Å²) >= 11 is 0. The Balaban J connectivity index is 3.04. The second-order valence-electron chi connectivity index (χ2n) is 3.12. The number of hydrogen-bond donors (Lipinski definition) is 3. The van der Waals surface area contributed by atoms with Crippen molar-refractivity contribution in [3.63, 3.8) is 0 Å². The van der Waals surface area contributed by atoms with Crippen LogP contribution in [0.2, 0.25) is 0 Å². The van der Waals surface area contributed by atoms with E-state index < -0.39 is 5.97 Å². The monoisotopic (exact) mass is 211 g/mol. The molecule has 0 aromatic carbocycles. The van der Waals surface area contributed by atoms with Crippen molar-refractivity contribution in [1.29, 1.82) is 0 Å². The van der Waals surface area contributed by atoms with Crippen molar-refractivity contribution >= 4 is 11.9 Å². The second kappa shape index (κ2) is 4.59. The van der Waals surface area contributed by atoms with Crippen LogP contribution in [0.15, 0.2) is 4.79 Å². The maximum absolute atomic E-state index is 11.5. The Morgan fingerprint density at radius 2 is 2.27 bits per heavy atom. The van der Waals surface area contributed by atoms with Gasteiger partial charge in [-0.1, -0.05) is 6.92 Å². The molecule has 15 heavy (non-hydrogen) atoms. The molecule has 0 saturated heterocycles. The number of carboxylic acids is 1. The minimum absolute atomic E-state index is 0.0657. The van der Waals surface area contributed by atoms with Crippen LogP contribution in [0.5, 0.6) is 0 Å². The second-order valence-corrected chi connectivity index (χ2v) is 3.12. The molecule has 4 N–H and O–H groups in total. The van der Waals surface area contributed by atoms with Crippen molar-refractivity contribution in [2.24, 2.45) is 0 Å². The van der Waals surface area contributed by atoms with Crippen LogP contribution < -0.4 is 11.3 Å². The number of nitrogens with two attached hydrogens (primary N) is 1. The molecule has 1 heterocycles. The summed E-state index contributed by atoms with van der Waals surface area (Å²) in [6.45, 7) is 1.84. The molecule has 0 aliphatic carbocycles. The van der Waals surface area contributed by atoms with Crippen LogP contribution in [-0.2, 0) is 17.6 Å². The summed E-state index contributed by atoms with van der Waals surface area (Å²) < 4.78 is 0. The number of aromatic nitrogens is 2. The fourth-order valence-corrected chi connectivity index (χ4v) is 1.35. The van der Waals surface area contributed by atoms with Gasteiger partial charge < -0.3 is 10.8 Å². The van der Waals surface area contributed by atoms with Gasteiger partial charge in [-0.3, -0.25) is 14.6 Å². The van der Waals surface area contributed by atoms with E-state index in [4.69, 9.17) is 10.8 Å². The van der Waals surface area contributed by atoms with Crippen LogP contribution in [0.3, 0.4) is 0 Å². The summed E-state index contributed by atoms with van der Waals surface area (Å²) in [5, 5.41) is 8.53. The van der Waals surface area contributed by atoms with Crippen LogP contribution in [0.1, 0.15) is 24.6 Å². The molecule has 82 valence electrons. The first-order valence-electron chi connectivity index (χ1n) is 4.64. The highest BCUT2D eigenvalue weighted by molar-refractivity contribution is 5.67. The molecule has 0 aliphatic heterocycles. The standard InChI is InChI=1S/C9H13N3O3/c1-2-6-5(3-4-7(13)14)8(15)12-9(10)11-6/h2-4H2,1H3,(H,13,14)(H3,10,11,12,15). The largest absolute Gasteiger partial charge is 0.481 e. The van der Waals surface area contributed by atoms with Crippen LogP contribution in [-0.4, -0.2) is 21.0 Å². The maximum atomic E-state index is 11.5. The zero-order chi connectivity index (χ0) is 11.4. The minimum atomic E-state index is -0.937. The molecule has 0 radical (unpaired) electrons. The number of aryl methyl sites for hydroxylation is 1. The number of aliphatic carboxylic acids is 1. The molecule has 0 fully saturated rings. The molecule has 1 rings (SSSR count). The Bertz CT molecular complexity index is 425. The van der Waals surface area contributed by atoms with Crippen LogP contribution >= 0.6 is 0 Å². The molecule has 6 heteroatoms. The number of nitrogens with zero attached hydrogens (tertiary/aromatic N) is 1. The Kier molecular flexibility index (Phi) is 3.43. The van der Waals surface area contributed by atoms with Crippen molar-refractivity contribution in [1.82, 2.24) is 9.97 Å². The van der Waals surface area contributed by atoms with E-state index in [-0.39, 0.29) is 24.3 Å². The third-order valence-corrected chi connectivity index (χ3v) is 2.04. The molecular weight excluding hydrogens is 198 g/mol. The Hall–Kier alpha value is -1.85. The highest BCUT2D eigenvalue weighted by Crippen LogP contribution is 2.05. The van der Waals surface area contributed by atoms with Gasteiger partial charge in [0.15, 0.2) is 0 Å². The zero-order valence-corrected chi connectivity index (χ0v) is 8.41. The number of H-pyrrole nitrogens is 1. The summed E-state index contributed by atoms with van der Waals surface area (Å²) in [6.07, 6.45) is 0.659. The first kappa shape index (κ1) is 11.2. The molecule has 0 unspecified atom stereocenters. The van der Waals surface area contributed by atoms with Crippen molar-refractivity contribution in [2.45, 2.75) is 26.2 Å². The lowest BCUT2D eigenvalue weighted by molar-refractivity contribution is -0.136. The molecule has 0 bridgehead atoms. The van der Waals surface area contributed by atoms with Crippen molar-refractivity contribution < 1.29 is 9.90 Å². The van der Waals surface area contributed by atoms with E-state index in [1.165, 1.54) is 0 Å². The van der Waals surface area contributed by atoms with E-state index in [1.807, 2.05) is 6.92 Å². The topological polar surface area (TPSA) is 109 Å². The van der Waals surface area contributed by atoms with Crippen LogP contribution in [0.4, 0.5) is 5.95 Å². The number of anilines is 1. The van der Waals surface area contributed by atoms with E-state index >= 15 is 0 Å². The number of hydrogen-bond acceptors (Lipinski definition) is 4. The quantitative estimate of drug-likeness (QED) is 0.646. The van der Waals surface area contributed by atoms with Gasteiger partial charge in [0.1, 0.15) is 0 Å². The van der Waals surface area contributed by atoms with Crippen molar-refractivity contribution in [3.8, 4) is 0 Å². The Morgan fingerprint density at radius 1 is 1.60 bits per heavy atom. The van der Waals surface area contributed by atoms with E-state index in [0.29, 0.717) is 17.7 Å². The highest BCUT2D eigenvalue weighted by atomic mass is 16.4. The third-order valence-electron chi connectivity index (χ3n) is 2.04. The number of carbonyl (C=O) groups is 1. The molecule has 0 spiro atoms. The van der Waals surface area contributed by atoms with E-state index in [0.717, 1.165) is 0 Å². The number of aromatic amines is 1. The van der Waals surface area contributed by atoms with Crippen LogP contribution in [0, 0.1) is 0 Å². The number of nitrogens with one attached hydrogen (secondary N) is 1. The number of carboxylic acid groups (broad SMARTS) is 1. The van der Waals surface area contributed by atoms with Gasteiger partial charge >= 0.3 is 5.97 Å². The predicted molar refractivity (Wildman–Crippen MR) is 54.6 cm³/mol. The summed E-state index contributed by atoms with van der Waals surface area (Å²) in [5.74, 6) is -0.871. The van der Waals surface area contributed by atoms with Gasteiger partial charge in [-0.15, -0.1) is 0 Å². The third kappa shape index (κ3) is 2.80. The van der Waals surface area contributed by atoms with E-state index in [1.54, 1.807) is 0 Å². The molecular formula is C9H13N3O3. The average molecular weight is 211 g/mol. The number of rotatable bonds is 4. The van der Waals surface area contributed by atoms with E-state index in [2.05, 4.69) is 9.97 Å². The molecule has 0 saturated carbocycles. The van der Waals surface area contributed by atoms with Crippen molar-refractivity contribution in [2.75, 3.05) is 5.73 Å². The first-order valence-corrected chi connectivity index (χ1v) is 4.64. The molecule has 6 nitrogen and oxygen atoms in total. The summed E-state index contributed by atoms with van der Waals surface area (Å²) in [6, 6.07) is 0. The lowest BCUT2D eigenvalue weighted by Gasteiger charge is -2.05. The van der Waals surface area contributed by atoms with Gasteiger partial charge in [0, 0.05) is 12.0 Å². The van der Waals surface area contributed by atoms with Gasteiger partial charge in [-0.05, 0) is 12.8 Å². The fourth-order valence-electron chi connectivity index (χ4n) is 1.35. The SMILES string of the molecule is CCc1nc(N)[nH]c(=O)c1CCC(=O)O. The summed E-state index contributed by atoms with van der Waals surface area (Å²) in [5.41, 5.74) is 6.01. The molecule has 0 aliphatic rings. The van der Waals surface area contributed by atoms with Crippen LogP contribution in [0.25, 0.3) is 0 Å². The molecule has 1 aromatic heterocycles. The van der Waals surface area contributed by atoms with Gasteiger partial charge in [-0.2, -0.15) is 0 Å². The Morgan fingerprint density at radius 3 is 2.80 bits per heavy atom. The average Bonchev–Trinajstić information content (AvgIpc) is 2.14. The first-order chi connectivity index (χ1) is 7.04. The smallest absolute Gasteiger partial charge is 0.303 e. The minimum Gasteiger partial charge on any atom is -0.481 e. The zero-order valence-electron chi connectivity index (χ0n) is 8.41. The predicted octanol–water partition coefficient (Wildman–Crippen LogP) is -0.0683. The molecule has 0 atom stereocenters. The van der Waals surface area contributed by atoms with Gasteiger partial charge in [0.25, 0.3) is 5.56 Å². The van der Waals surface area contributed by atoms with E-state index in [9.17, 15) is 9.59 Å². The van der Waals surface area contributed by atoms with Gasteiger partial charge in [0.05, 0.1) is 5.69 Å². The van der Waals surface area contributed by atoms with Gasteiger partial charge in [0.2, 0.25) is 5.95 Å². The fraction of sp³-hybridized carbons (Fsp3) is 0.444. The van der Waals surface area contributed by atoms with Crippen molar-refractivity contribution in [3.05, 3.63) is 21.6 Å². The maximum Gasteiger partial charge on any atom is 0.303 e. The lowest BCUT2D eigenvalue weighted by Crippen LogP contribution is -2.20. The molecule has 0 amide bonds. The number of nitrogen functional groups attached to an aromatic ring is 1. The highest BCUT2D eigenvalue weighted by Gasteiger charge is 2.10. The Labute approximate surface area is 86.2 Å². The molecule has 1 aromatic rings. The lowest BCUT2D eigenvalue weighted by atomic mass is 10.1. The van der Waals surface area contributed by atoms with Gasteiger partial charge in [-0.25, -0.2) is 4.98 Å². The normalized spacial score (nSPS) is 10.2. The summed E-state index contributed by atoms with van der Waals surface area (Å²) in [7, 11) is 0. The summed E-state index contributed by atoms with van der Waals surface area (Å²) in [4.78, 5) is 28.2.